The molecule has 0 saturated heterocycles. The van der Waals surface area contributed by atoms with Gasteiger partial charge in [-0.15, -0.1) is 0 Å². The van der Waals surface area contributed by atoms with Crippen molar-refractivity contribution in [2.45, 2.75) is 26.9 Å². The highest BCUT2D eigenvalue weighted by molar-refractivity contribution is 6.34. The van der Waals surface area contributed by atoms with Crippen LogP contribution in [0.15, 0.2) is 36.4 Å². The fourth-order valence-electron chi connectivity index (χ4n) is 2.16. The molecule has 0 aliphatic rings. The van der Waals surface area contributed by atoms with Gasteiger partial charge in [-0.05, 0) is 62.7 Å². The first-order chi connectivity index (χ1) is 12.3. The second kappa shape index (κ2) is 8.92. The Morgan fingerprint density at radius 1 is 1.12 bits per heavy atom. The molecule has 0 bridgehead atoms. The lowest BCUT2D eigenvalue weighted by atomic mass is 10.2. The van der Waals surface area contributed by atoms with Gasteiger partial charge in [-0.25, -0.2) is 4.79 Å². The lowest BCUT2D eigenvalue weighted by Crippen LogP contribution is -2.30. The molecule has 5 nitrogen and oxygen atoms in total. The first-order valence-corrected chi connectivity index (χ1v) is 8.77. The molecule has 0 aromatic heterocycles. The lowest BCUT2D eigenvalue weighted by Gasteiger charge is -2.16. The number of aryl methyl sites for hydroxylation is 1. The molecule has 26 heavy (non-hydrogen) atoms. The van der Waals surface area contributed by atoms with E-state index < -0.39 is 12.1 Å². The molecule has 0 aliphatic heterocycles. The molecule has 138 valence electrons. The van der Waals surface area contributed by atoms with Crippen molar-refractivity contribution in [3.05, 3.63) is 57.6 Å². The zero-order valence-electron chi connectivity index (χ0n) is 14.6. The number of carbonyl (C=O) groups is 2. The van der Waals surface area contributed by atoms with Gasteiger partial charge in [-0.3, -0.25) is 4.79 Å². The van der Waals surface area contributed by atoms with Crippen molar-refractivity contribution in [1.29, 1.82) is 0 Å². The zero-order chi connectivity index (χ0) is 19.3. The van der Waals surface area contributed by atoms with Gasteiger partial charge in [0.2, 0.25) is 0 Å². The van der Waals surface area contributed by atoms with Gasteiger partial charge in [-0.1, -0.05) is 23.2 Å². The number of ether oxygens (including phenoxy) is 2. The number of esters is 1. The molecule has 0 radical (unpaired) electrons. The third kappa shape index (κ3) is 5.13. The summed E-state index contributed by atoms with van der Waals surface area (Å²) in [6, 6.07) is 9.75. The van der Waals surface area contributed by atoms with E-state index in [2.05, 4.69) is 5.32 Å². The zero-order valence-corrected chi connectivity index (χ0v) is 16.1. The molecule has 0 spiro atoms. The molecule has 2 aromatic rings. The van der Waals surface area contributed by atoms with Crippen molar-refractivity contribution >= 4 is 40.8 Å². The molecule has 2 aromatic carbocycles. The summed E-state index contributed by atoms with van der Waals surface area (Å²) < 4.78 is 10.5. The third-order valence-corrected chi connectivity index (χ3v) is 4.28. The van der Waals surface area contributed by atoms with E-state index in [4.69, 9.17) is 32.7 Å². The molecule has 0 fully saturated rings. The van der Waals surface area contributed by atoms with Crippen LogP contribution >= 0.6 is 23.2 Å². The number of amides is 1. The maximum absolute atomic E-state index is 12.3. The Labute approximate surface area is 162 Å². The van der Waals surface area contributed by atoms with Gasteiger partial charge >= 0.3 is 5.97 Å². The van der Waals surface area contributed by atoms with Crippen LogP contribution in [-0.4, -0.2) is 24.6 Å². The van der Waals surface area contributed by atoms with Crippen molar-refractivity contribution < 1.29 is 19.1 Å². The number of halogens is 2. The van der Waals surface area contributed by atoms with Crippen molar-refractivity contribution in [2.24, 2.45) is 0 Å². The Morgan fingerprint density at radius 3 is 2.46 bits per heavy atom. The Bertz CT molecular complexity index is 823. The third-order valence-electron chi connectivity index (χ3n) is 3.54. The molecule has 0 saturated carbocycles. The topological polar surface area (TPSA) is 64.6 Å². The number of rotatable bonds is 6. The minimum absolute atomic E-state index is 0.197. The first-order valence-electron chi connectivity index (χ1n) is 8.02. The molecule has 1 N–H and O–H groups in total. The molecular formula is C19H19Cl2NO4. The van der Waals surface area contributed by atoms with E-state index in [0.29, 0.717) is 16.5 Å². The monoisotopic (exact) mass is 395 g/mol. The minimum Gasteiger partial charge on any atom is -0.481 e. The minimum atomic E-state index is -0.737. The van der Waals surface area contributed by atoms with Gasteiger partial charge in [0, 0.05) is 10.7 Å². The van der Waals surface area contributed by atoms with E-state index in [1.54, 1.807) is 38.1 Å². The maximum Gasteiger partial charge on any atom is 0.339 e. The number of hydrogen-bond acceptors (Lipinski definition) is 4. The molecule has 7 heteroatoms. The quantitative estimate of drug-likeness (QED) is 0.707. The van der Waals surface area contributed by atoms with Crippen LogP contribution in [0.1, 0.15) is 29.8 Å². The molecule has 0 heterocycles. The van der Waals surface area contributed by atoms with Crippen molar-refractivity contribution in [3.8, 4) is 5.75 Å². The van der Waals surface area contributed by atoms with Crippen LogP contribution < -0.4 is 10.1 Å². The van der Waals surface area contributed by atoms with E-state index in [9.17, 15) is 9.59 Å². The fourth-order valence-corrected chi connectivity index (χ4v) is 2.53. The lowest BCUT2D eigenvalue weighted by molar-refractivity contribution is -0.122. The summed E-state index contributed by atoms with van der Waals surface area (Å²) in [7, 11) is 0. The Hall–Kier alpha value is -2.24. The van der Waals surface area contributed by atoms with Crippen molar-refractivity contribution in [2.75, 3.05) is 11.9 Å². The van der Waals surface area contributed by atoms with Gasteiger partial charge in [0.25, 0.3) is 5.91 Å². The number of carbonyl (C=O) groups excluding carboxylic acids is 2. The summed E-state index contributed by atoms with van der Waals surface area (Å²) in [5.41, 5.74) is 1.56. The van der Waals surface area contributed by atoms with Crippen LogP contribution in [0.25, 0.3) is 0 Å². The second-order valence-corrected chi connectivity index (χ2v) is 6.39. The van der Waals surface area contributed by atoms with Gasteiger partial charge in [-0.2, -0.15) is 0 Å². The normalized spacial score (nSPS) is 11.6. The summed E-state index contributed by atoms with van der Waals surface area (Å²) in [5, 5.41) is 3.53. The van der Waals surface area contributed by atoms with Gasteiger partial charge in [0.15, 0.2) is 6.10 Å². The number of hydrogen-bond donors (Lipinski definition) is 1. The highest BCUT2D eigenvalue weighted by Crippen LogP contribution is 2.24. The van der Waals surface area contributed by atoms with E-state index in [1.165, 1.54) is 12.1 Å². The first kappa shape index (κ1) is 20.1. The van der Waals surface area contributed by atoms with E-state index in [0.717, 1.165) is 5.56 Å². The highest BCUT2D eigenvalue weighted by atomic mass is 35.5. The van der Waals surface area contributed by atoms with Crippen molar-refractivity contribution in [3.63, 3.8) is 0 Å². The van der Waals surface area contributed by atoms with E-state index in [1.807, 2.05) is 6.92 Å². The predicted octanol–water partition coefficient (Wildman–Crippen LogP) is 4.88. The van der Waals surface area contributed by atoms with Crippen molar-refractivity contribution in [1.82, 2.24) is 0 Å². The SMILES string of the molecule is CCOC(=O)c1ccc(NC(=O)[C@@H](C)Oc2ccc(Cl)c(C)c2)cc1Cl. The molecule has 1 amide bonds. The summed E-state index contributed by atoms with van der Waals surface area (Å²) >= 11 is 12.1. The highest BCUT2D eigenvalue weighted by Gasteiger charge is 2.17. The largest absolute Gasteiger partial charge is 0.481 e. The maximum atomic E-state index is 12.3. The van der Waals surface area contributed by atoms with Gasteiger partial charge in [0.1, 0.15) is 5.75 Å². The van der Waals surface area contributed by atoms with E-state index >= 15 is 0 Å². The number of nitrogens with one attached hydrogen (secondary N) is 1. The Morgan fingerprint density at radius 2 is 1.85 bits per heavy atom. The van der Waals surface area contributed by atoms with E-state index in [-0.39, 0.29) is 23.1 Å². The average Bonchev–Trinajstić information content (AvgIpc) is 2.58. The Kier molecular flexibility index (Phi) is 6.89. The van der Waals surface area contributed by atoms with Crippen LogP contribution in [0.2, 0.25) is 10.0 Å². The van der Waals surface area contributed by atoms with Crippen LogP contribution in [0, 0.1) is 6.92 Å². The smallest absolute Gasteiger partial charge is 0.339 e. The molecule has 1 atom stereocenters. The number of benzene rings is 2. The summed E-state index contributed by atoms with van der Waals surface area (Å²) in [6.45, 7) is 5.46. The Balaban J connectivity index is 2.03. The van der Waals surface area contributed by atoms with Crippen LogP contribution in [-0.2, 0) is 9.53 Å². The summed E-state index contributed by atoms with van der Waals surface area (Å²) in [6.07, 6.45) is -0.737. The molecule has 0 unspecified atom stereocenters. The summed E-state index contributed by atoms with van der Waals surface area (Å²) in [4.78, 5) is 24.0. The average molecular weight is 396 g/mol. The summed E-state index contributed by atoms with van der Waals surface area (Å²) in [5.74, 6) is -0.312. The molecule has 2 rings (SSSR count). The molecule has 0 aliphatic carbocycles. The fraction of sp³-hybridized carbons (Fsp3) is 0.263. The molecular weight excluding hydrogens is 377 g/mol. The van der Waals surface area contributed by atoms with Crippen LogP contribution in [0.5, 0.6) is 5.75 Å². The van der Waals surface area contributed by atoms with Crippen LogP contribution in [0.3, 0.4) is 0 Å². The standard InChI is InChI=1S/C19H19Cl2NO4/c1-4-25-19(24)15-7-5-13(10-17(15)21)22-18(23)12(3)26-14-6-8-16(20)11(2)9-14/h5-10,12H,4H2,1-3H3,(H,22,23)/t12-/m1/s1. The van der Waals surface area contributed by atoms with Gasteiger partial charge in [0.05, 0.1) is 17.2 Å². The van der Waals surface area contributed by atoms with Gasteiger partial charge < -0.3 is 14.8 Å². The predicted molar refractivity (Wildman–Crippen MR) is 102 cm³/mol. The second-order valence-electron chi connectivity index (χ2n) is 5.58. The number of anilines is 1. The van der Waals surface area contributed by atoms with Crippen LogP contribution in [0.4, 0.5) is 5.69 Å².